The fourth-order valence-electron chi connectivity index (χ4n) is 3.66. The van der Waals surface area contributed by atoms with Gasteiger partial charge in [0.25, 0.3) is 5.91 Å². The lowest BCUT2D eigenvalue weighted by molar-refractivity contribution is 0.0963. The van der Waals surface area contributed by atoms with E-state index >= 15 is 0 Å². The standard InChI is InChI=1S/C25H32N4O/c1-3-27-25(28-15-12-21-10-7-11-23(19-21)24(30)26-2)29-16-13-22(14-17-29)18-20-8-5-4-6-9-20/h4-11,18-19H,3,12-17H2,1-2H3,(H,26,30)(H,27,28). The van der Waals surface area contributed by atoms with Crippen LogP contribution in [0.15, 0.2) is 65.2 Å². The van der Waals surface area contributed by atoms with E-state index in [2.05, 4.69) is 64.9 Å². The van der Waals surface area contributed by atoms with E-state index in [0.717, 1.165) is 50.4 Å². The second-order valence-electron chi connectivity index (χ2n) is 7.47. The number of amides is 1. The molecule has 0 atom stereocenters. The first-order valence-electron chi connectivity index (χ1n) is 10.8. The van der Waals surface area contributed by atoms with Crippen molar-refractivity contribution in [1.82, 2.24) is 15.5 Å². The maximum atomic E-state index is 11.8. The van der Waals surface area contributed by atoms with Crippen molar-refractivity contribution < 1.29 is 4.79 Å². The molecule has 0 saturated carbocycles. The zero-order valence-electron chi connectivity index (χ0n) is 18.0. The predicted octanol–water partition coefficient (Wildman–Crippen LogP) is 3.73. The van der Waals surface area contributed by atoms with Crippen molar-refractivity contribution in [1.29, 1.82) is 0 Å². The summed E-state index contributed by atoms with van der Waals surface area (Å²) in [4.78, 5) is 19.0. The van der Waals surface area contributed by atoms with Crippen molar-refractivity contribution in [2.75, 3.05) is 33.2 Å². The van der Waals surface area contributed by atoms with Crippen molar-refractivity contribution in [3.63, 3.8) is 0 Å². The molecule has 0 bridgehead atoms. The maximum absolute atomic E-state index is 11.8. The Kier molecular flexibility index (Phi) is 8.07. The van der Waals surface area contributed by atoms with Crippen LogP contribution in [0.4, 0.5) is 0 Å². The van der Waals surface area contributed by atoms with E-state index in [1.807, 2.05) is 18.2 Å². The Balaban J connectivity index is 1.57. The number of rotatable bonds is 6. The van der Waals surface area contributed by atoms with Crippen LogP contribution in [-0.4, -0.2) is 50.0 Å². The number of carbonyl (C=O) groups is 1. The number of likely N-dealkylation sites (tertiary alicyclic amines) is 1. The molecular formula is C25H32N4O. The summed E-state index contributed by atoms with van der Waals surface area (Å²) in [6, 6.07) is 18.3. The van der Waals surface area contributed by atoms with Gasteiger partial charge in [0, 0.05) is 38.8 Å². The molecule has 0 unspecified atom stereocenters. The van der Waals surface area contributed by atoms with E-state index in [1.54, 1.807) is 7.05 Å². The van der Waals surface area contributed by atoms with Gasteiger partial charge in [-0.3, -0.25) is 9.79 Å². The minimum Gasteiger partial charge on any atom is -0.357 e. The maximum Gasteiger partial charge on any atom is 0.251 e. The summed E-state index contributed by atoms with van der Waals surface area (Å²) < 4.78 is 0. The lowest BCUT2D eigenvalue weighted by Crippen LogP contribution is -2.44. The highest BCUT2D eigenvalue weighted by Crippen LogP contribution is 2.19. The van der Waals surface area contributed by atoms with Gasteiger partial charge in [-0.1, -0.05) is 54.1 Å². The zero-order valence-corrected chi connectivity index (χ0v) is 18.0. The van der Waals surface area contributed by atoms with Crippen LogP contribution in [0.1, 0.15) is 41.3 Å². The van der Waals surface area contributed by atoms with Gasteiger partial charge < -0.3 is 15.5 Å². The largest absolute Gasteiger partial charge is 0.357 e. The molecule has 0 spiro atoms. The van der Waals surface area contributed by atoms with Crippen molar-refractivity contribution in [2.24, 2.45) is 4.99 Å². The van der Waals surface area contributed by atoms with Gasteiger partial charge in [0.05, 0.1) is 0 Å². The molecule has 158 valence electrons. The van der Waals surface area contributed by atoms with Gasteiger partial charge in [0.15, 0.2) is 5.96 Å². The summed E-state index contributed by atoms with van der Waals surface area (Å²) in [6.45, 7) is 5.62. The summed E-state index contributed by atoms with van der Waals surface area (Å²) >= 11 is 0. The Hall–Kier alpha value is -3.08. The van der Waals surface area contributed by atoms with Crippen molar-refractivity contribution in [2.45, 2.75) is 26.2 Å². The highest BCUT2D eigenvalue weighted by molar-refractivity contribution is 5.94. The predicted molar refractivity (Wildman–Crippen MR) is 125 cm³/mol. The Bertz CT molecular complexity index is 879. The van der Waals surface area contributed by atoms with E-state index in [9.17, 15) is 4.79 Å². The zero-order chi connectivity index (χ0) is 21.2. The number of nitrogens with zero attached hydrogens (tertiary/aromatic N) is 2. The van der Waals surface area contributed by atoms with Crippen LogP contribution < -0.4 is 10.6 Å². The molecule has 1 amide bonds. The minimum atomic E-state index is -0.0543. The average molecular weight is 405 g/mol. The van der Waals surface area contributed by atoms with Gasteiger partial charge >= 0.3 is 0 Å². The molecular weight excluding hydrogens is 372 g/mol. The molecule has 5 heteroatoms. The highest BCUT2D eigenvalue weighted by Gasteiger charge is 2.17. The molecule has 30 heavy (non-hydrogen) atoms. The Morgan fingerprint density at radius 3 is 2.57 bits per heavy atom. The van der Waals surface area contributed by atoms with Gasteiger partial charge in [-0.2, -0.15) is 0 Å². The van der Waals surface area contributed by atoms with E-state index in [0.29, 0.717) is 12.1 Å². The Morgan fingerprint density at radius 2 is 1.87 bits per heavy atom. The first-order valence-corrected chi connectivity index (χ1v) is 10.8. The molecule has 2 aromatic rings. The third-order valence-corrected chi connectivity index (χ3v) is 5.29. The summed E-state index contributed by atoms with van der Waals surface area (Å²) in [5.41, 5.74) is 4.60. The number of benzene rings is 2. The lowest BCUT2D eigenvalue weighted by Gasteiger charge is -2.31. The number of nitrogens with one attached hydrogen (secondary N) is 2. The molecule has 2 aromatic carbocycles. The van der Waals surface area contributed by atoms with Crippen LogP contribution in [0, 0.1) is 0 Å². The monoisotopic (exact) mass is 404 g/mol. The van der Waals surface area contributed by atoms with Gasteiger partial charge in [0.1, 0.15) is 0 Å². The fourth-order valence-corrected chi connectivity index (χ4v) is 3.66. The Morgan fingerprint density at radius 1 is 1.10 bits per heavy atom. The number of aliphatic imine (C=N–C) groups is 1. The molecule has 3 rings (SSSR count). The number of guanidine groups is 1. The molecule has 0 radical (unpaired) electrons. The van der Waals surface area contributed by atoms with E-state index in [4.69, 9.17) is 4.99 Å². The highest BCUT2D eigenvalue weighted by atomic mass is 16.1. The van der Waals surface area contributed by atoms with Crippen LogP contribution in [-0.2, 0) is 6.42 Å². The van der Waals surface area contributed by atoms with E-state index < -0.39 is 0 Å². The third-order valence-electron chi connectivity index (χ3n) is 5.29. The summed E-state index contributed by atoms with van der Waals surface area (Å²) in [5, 5.41) is 6.11. The second kappa shape index (κ2) is 11.2. The topological polar surface area (TPSA) is 56.7 Å². The average Bonchev–Trinajstić information content (AvgIpc) is 2.79. The smallest absolute Gasteiger partial charge is 0.251 e. The van der Waals surface area contributed by atoms with Gasteiger partial charge in [-0.05, 0) is 49.4 Å². The third kappa shape index (κ3) is 6.21. The van der Waals surface area contributed by atoms with Gasteiger partial charge in [-0.15, -0.1) is 0 Å². The first kappa shape index (κ1) is 21.6. The molecule has 2 N–H and O–H groups in total. The SMILES string of the molecule is CCNC(=NCCc1cccc(C(=O)NC)c1)N1CCC(=Cc2ccccc2)CC1. The molecule has 1 saturated heterocycles. The van der Waals surface area contributed by atoms with Crippen LogP contribution in [0.5, 0.6) is 0 Å². The van der Waals surface area contributed by atoms with E-state index in [1.165, 1.54) is 11.1 Å². The molecule has 0 aromatic heterocycles. The molecule has 1 aliphatic rings. The number of carbonyl (C=O) groups excluding carboxylic acids is 1. The lowest BCUT2D eigenvalue weighted by atomic mass is 10.0. The normalized spacial score (nSPS) is 14.4. The second-order valence-corrected chi connectivity index (χ2v) is 7.47. The number of hydrogen-bond acceptors (Lipinski definition) is 2. The molecule has 0 aliphatic carbocycles. The van der Waals surface area contributed by atoms with E-state index in [-0.39, 0.29) is 5.91 Å². The van der Waals surface area contributed by atoms with Crippen molar-refractivity contribution in [3.05, 3.63) is 76.9 Å². The molecule has 5 nitrogen and oxygen atoms in total. The summed E-state index contributed by atoms with van der Waals surface area (Å²) in [7, 11) is 1.65. The number of piperidine rings is 1. The molecule has 1 aliphatic heterocycles. The molecule has 1 heterocycles. The molecule has 1 fully saturated rings. The van der Waals surface area contributed by atoms with Gasteiger partial charge in [-0.25, -0.2) is 0 Å². The minimum absolute atomic E-state index is 0.0543. The first-order chi connectivity index (χ1) is 14.7. The summed E-state index contributed by atoms with van der Waals surface area (Å²) in [5.74, 6) is 0.931. The van der Waals surface area contributed by atoms with Crippen LogP contribution >= 0.6 is 0 Å². The quantitative estimate of drug-likeness (QED) is 0.570. The van der Waals surface area contributed by atoms with Crippen molar-refractivity contribution >= 4 is 17.9 Å². The van der Waals surface area contributed by atoms with Crippen LogP contribution in [0.25, 0.3) is 6.08 Å². The Labute approximate surface area is 179 Å². The fraction of sp³-hybridized carbons (Fsp3) is 0.360. The summed E-state index contributed by atoms with van der Waals surface area (Å²) in [6.07, 6.45) is 5.26. The van der Waals surface area contributed by atoms with Crippen LogP contribution in [0.2, 0.25) is 0 Å². The van der Waals surface area contributed by atoms with Gasteiger partial charge in [0.2, 0.25) is 0 Å². The van der Waals surface area contributed by atoms with Crippen molar-refractivity contribution in [3.8, 4) is 0 Å². The van der Waals surface area contributed by atoms with Crippen LogP contribution in [0.3, 0.4) is 0 Å². The number of hydrogen-bond donors (Lipinski definition) is 2.